The van der Waals surface area contributed by atoms with Gasteiger partial charge in [0.1, 0.15) is 0 Å². The molecule has 0 saturated carbocycles. The second-order valence-electron chi connectivity index (χ2n) is 7.05. The summed E-state index contributed by atoms with van der Waals surface area (Å²) in [6.45, 7) is 16.5. The van der Waals surface area contributed by atoms with Crippen LogP contribution in [-0.2, 0) is 13.0 Å². The Hall–Kier alpha value is -0.610. The van der Waals surface area contributed by atoms with Crippen LogP contribution in [0.5, 0.6) is 0 Å². The van der Waals surface area contributed by atoms with Gasteiger partial charge in [-0.15, -0.1) is 11.3 Å². The van der Waals surface area contributed by atoms with Crippen molar-refractivity contribution in [3.05, 3.63) is 10.6 Å². The first-order valence-electron chi connectivity index (χ1n) is 7.58. The fourth-order valence-electron chi connectivity index (χ4n) is 1.77. The van der Waals surface area contributed by atoms with Gasteiger partial charge in [0.05, 0.1) is 5.69 Å². The molecule has 1 heterocycles. The lowest BCUT2D eigenvalue weighted by Gasteiger charge is -2.34. The summed E-state index contributed by atoms with van der Waals surface area (Å²) in [6, 6.07) is 0. The Morgan fingerprint density at radius 3 is 2.20 bits per heavy atom. The summed E-state index contributed by atoms with van der Waals surface area (Å²) in [5.41, 5.74) is 1.53. The topological polar surface area (TPSA) is 28.2 Å². The van der Waals surface area contributed by atoms with E-state index in [-0.39, 0.29) is 11.1 Å². The fourth-order valence-corrected chi connectivity index (χ4v) is 2.98. The molecule has 0 spiro atoms. The number of thiazole rings is 1. The average Bonchev–Trinajstić information content (AvgIpc) is 2.77. The third-order valence-corrected chi connectivity index (χ3v) is 5.12. The van der Waals surface area contributed by atoms with Crippen LogP contribution in [0.1, 0.15) is 65.5 Å². The molecule has 0 atom stereocenters. The van der Waals surface area contributed by atoms with Gasteiger partial charge in [-0.1, -0.05) is 13.8 Å². The second kappa shape index (κ2) is 6.44. The van der Waals surface area contributed by atoms with Crippen molar-refractivity contribution in [3.63, 3.8) is 0 Å². The third kappa shape index (κ3) is 4.45. The van der Waals surface area contributed by atoms with E-state index in [1.54, 1.807) is 0 Å². The molecule has 116 valence electrons. The molecule has 0 radical (unpaired) electrons. The minimum Gasteiger partial charge on any atom is -0.346 e. The fraction of sp³-hybridized carbons (Fsp3) is 0.812. The molecule has 0 amide bonds. The van der Waals surface area contributed by atoms with Crippen LogP contribution in [0.3, 0.4) is 0 Å². The SMILES string of the molecule is CCc1nc(N(C)C(C)(C)CC)sc1CNC(C)(C)C. The average molecular weight is 298 g/mol. The van der Waals surface area contributed by atoms with Gasteiger partial charge in [0.2, 0.25) is 0 Å². The molecule has 0 aliphatic heterocycles. The monoisotopic (exact) mass is 297 g/mol. The molecule has 20 heavy (non-hydrogen) atoms. The number of rotatable bonds is 6. The van der Waals surface area contributed by atoms with Gasteiger partial charge in [0, 0.05) is 29.5 Å². The molecule has 1 aromatic heterocycles. The zero-order valence-corrected chi connectivity index (χ0v) is 15.2. The molecule has 0 bridgehead atoms. The van der Waals surface area contributed by atoms with Crippen molar-refractivity contribution in [1.29, 1.82) is 0 Å². The van der Waals surface area contributed by atoms with Crippen molar-refractivity contribution in [2.75, 3.05) is 11.9 Å². The number of hydrogen-bond donors (Lipinski definition) is 1. The number of aryl methyl sites for hydroxylation is 1. The third-order valence-electron chi connectivity index (χ3n) is 3.94. The number of aromatic nitrogens is 1. The highest BCUT2D eigenvalue weighted by Crippen LogP contribution is 2.31. The normalized spacial score (nSPS) is 12.8. The smallest absolute Gasteiger partial charge is 0.186 e. The summed E-state index contributed by atoms with van der Waals surface area (Å²) in [5, 5.41) is 4.71. The van der Waals surface area contributed by atoms with E-state index in [0.717, 1.165) is 24.5 Å². The van der Waals surface area contributed by atoms with Crippen molar-refractivity contribution in [1.82, 2.24) is 10.3 Å². The van der Waals surface area contributed by atoms with Crippen molar-refractivity contribution in [2.45, 2.75) is 78.9 Å². The van der Waals surface area contributed by atoms with E-state index in [0.29, 0.717) is 0 Å². The molecule has 3 nitrogen and oxygen atoms in total. The maximum absolute atomic E-state index is 4.85. The minimum atomic E-state index is 0.143. The van der Waals surface area contributed by atoms with Gasteiger partial charge in [-0.05, 0) is 47.5 Å². The number of nitrogens with one attached hydrogen (secondary N) is 1. The quantitative estimate of drug-likeness (QED) is 0.852. The van der Waals surface area contributed by atoms with Crippen molar-refractivity contribution in [3.8, 4) is 0 Å². The summed E-state index contributed by atoms with van der Waals surface area (Å²) in [5.74, 6) is 0. The number of anilines is 1. The first-order valence-corrected chi connectivity index (χ1v) is 8.39. The number of nitrogens with zero attached hydrogens (tertiary/aromatic N) is 2. The van der Waals surface area contributed by atoms with Gasteiger partial charge in [0.15, 0.2) is 5.13 Å². The molecule has 1 N–H and O–H groups in total. The maximum atomic E-state index is 4.85. The summed E-state index contributed by atoms with van der Waals surface area (Å²) < 4.78 is 0. The predicted molar refractivity (Wildman–Crippen MR) is 90.9 cm³/mol. The number of hydrogen-bond acceptors (Lipinski definition) is 4. The Balaban J connectivity index is 2.94. The zero-order chi connectivity index (χ0) is 15.6. The summed E-state index contributed by atoms with van der Waals surface area (Å²) >= 11 is 1.83. The summed E-state index contributed by atoms with van der Waals surface area (Å²) in [6.07, 6.45) is 2.11. The van der Waals surface area contributed by atoms with Crippen LogP contribution in [0.25, 0.3) is 0 Å². The Morgan fingerprint density at radius 2 is 1.75 bits per heavy atom. The van der Waals surface area contributed by atoms with E-state index in [9.17, 15) is 0 Å². The van der Waals surface area contributed by atoms with E-state index in [1.165, 1.54) is 10.6 Å². The van der Waals surface area contributed by atoms with Gasteiger partial charge >= 0.3 is 0 Å². The van der Waals surface area contributed by atoms with Gasteiger partial charge < -0.3 is 10.2 Å². The largest absolute Gasteiger partial charge is 0.346 e. The van der Waals surface area contributed by atoms with Crippen LogP contribution in [0.2, 0.25) is 0 Å². The van der Waals surface area contributed by atoms with E-state index >= 15 is 0 Å². The maximum Gasteiger partial charge on any atom is 0.186 e. The van der Waals surface area contributed by atoms with E-state index in [4.69, 9.17) is 4.98 Å². The highest BCUT2D eigenvalue weighted by atomic mass is 32.1. The molecule has 0 aliphatic carbocycles. The molecule has 0 saturated heterocycles. The van der Waals surface area contributed by atoms with Crippen molar-refractivity contribution < 1.29 is 0 Å². The summed E-state index contributed by atoms with van der Waals surface area (Å²) in [4.78, 5) is 8.54. The van der Waals surface area contributed by atoms with Crippen LogP contribution >= 0.6 is 11.3 Å². The molecule has 4 heteroatoms. The Kier molecular flexibility index (Phi) is 5.61. The van der Waals surface area contributed by atoms with Crippen LogP contribution < -0.4 is 10.2 Å². The molecule has 0 aromatic carbocycles. The first-order chi connectivity index (χ1) is 9.10. The predicted octanol–water partition coefficient (Wildman–Crippen LogP) is 4.22. The highest BCUT2D eigenvalue weighted by molar-refractivity contribution is 7.15. The highest BCUT2D eigenvalue weighted by Gasteiger charge is 2.25. The van der Waals surface area contributed by atoms with Gasteiger partial charge in [-0.3, -0.25) is 0 Å². The van der Waals surface area contributed by atoms with Gasteiger partial charge in [-0.25, -0.2) is 4.98 Å². The standard InChI is InChI=1S/C16H31N3S/c1-9-12-13(11-17-15(3,4)5)20-14(18-12)19(8)16(6,7)10-2/h17H,9-11H2,1-8H3. The molecule has 0 aliphatic rings. The molecule has 1 rings (SSSR count). The van der Waals surface area contributed by atoms with E-state index in [1.807, 2.05) is 11.3 Å². The lowest BCUT2D eigenvalue weighted by molar-refractivity contribution is 0.425. The first kappa shape index (κ1) is 17.4. The zero-order valence-electron chi connectivity index (χ0n) is 14.4. The Morgan fingerprint density at radius 1 is 1.15 bits per heavy atom. The molecule has 0 unspecified atom stereocenters. The molecular weight excluding hydrogens is 266 g/mol. The van der Waals surface area contributed by atoms with E-state index in [2.05, 4.69) is 65.7 Å². The van der Waals surface area contributed by atoms with E-state index < -0.39 is 0 Å². The minimum absolute atomic E-state index is 0.143. The molecular formula is C16H31N3S. The van der Waals surface area contributed by atoms with Crippen LogP contribution in [0.4, 0.5) is 5.13 Å². The van der Waals surface area contributed by atoms with Crippen molar-refractivity contribution in [2.24, 2.45) is 0 Å². The summed E-state index contributed by atoms with van der Waals surface area (Å²) in [7, 11) is 2.16. The van der Waals surface area contributed by atoms with Crippen LogP contribution in [0.15, 0.2) is 0 Å². The van der Waals surface area contributed by atoms with Crippen molar-refractivity contribution >= 4 is 16.5 Å². The Bertz CT molecular complexity index is 429. The van der Waals surface area contributed by atoms with Gasteiger partial charge in [0.25, 0.3) is 0 Å². The second-order valence-corrected chi connectivity index (χ2v) is 8.11. The molecule has 1 aromatic rings. The molecule has 0 fully saturated rings. The Labute approximate surface area is 128 Å². The van der Waals surface area contributed by atoms with Crippen LogP contribution in [-0.4, -0.2) is 23.1 Å². The van der Waals surface area contributed by atoms with Gasteiger partial charge in [-0.2, -0.15) is 0 Å². The van der Waals surface area contributed by atoms with Crippen LogP contribution in [0, 0.1) is 0 Å². The lowest BCUT2D eigenvalue weighted by Crippen LogP contribution is -2.40. The lowest BCUT2D eigenvalue weighted by atomic mass is 10.0.